The van der Waals surface area contributed by atoms with Gasteiger partial charge in [0.05, 0.1) is 26.4 Å². The molecule has 1 aromatic rings. The first-order valence-corrected chi connectivity index (χ1v) is 11.3. The van der Waals surface area contributed by atoms with E-state index in [1.807, 2.05) is 0 Å². The van der Waals surface area contributed by atoms with Crippen LogP contribution < -0.4 is 10.6 Å². The Kier molecular flexibility index (Phi) is 7.37. The second kappa shape index (κ2) is 9.76. The van der Waals surface area contributed by atoms with E-state index >= 15 is 0 Å². The fourth-order valence-corrected chi connectivity index (χ4v) is 5.59. The van der Waals surface area contributed by atoms with E-state index in [0.717, 1.165) is 24.4 Å². The van der Waals surface area contributed by atoms with Crippen LogP contribution in [-0.4, -0.2) is 94.8 Å². The molecule has 0 radical (unpaired) electrons. The molecule has 0 aromatic carbocycles. The number of carbonyl (C=O) groups is 2. The van der Waals surface area contributed by atoms with Crippen LogP contribution in [0.25, 0.3) is 0 Å². The molecule has 0 bridgehead atoms. The lowest BCUT2D eigenvalue weighted by Gasteiger charge is -2.26. The molecular formula is C16H24N4O6S2. The molecule has 1 aromatic heterocycles. The van der Waals surface area contributed by atoms with Crippen LogP contribution in [0.3, 0.4) is 0 Å². The lowest BCUT2D eigenvalue weighted by atomic mass is 10.4. The first-order chi connectivity index (χ1) is 13.5. The molecule has 2 aliphatic rings. The zero-order valence-electron chi connectivity index (χ0n) is 15.3. The summed E-state index contributed by atoms with van der Waals surface area (Å²) in [6.45, 7) is 4.27. The smallest absolute Gasteiger partial charge is 0.309 e. The number of hydrogen-bond acceptors (Lipinski definition) is 8. The summed E-state index contributed by atoms with van der Waals surface area (Å²) >= 11 is 1.12. The van der Waals surface area contributed by atoms with E-state index in [1.165, 1.54) is 10.4 Å². The third kappa shape index (κ3) is 5.27. The first-order valence-electron chi connectivity index (χ1n) is 9.01. The predicted octanol–water partition coefficient (Wildman–Crippen LogP) is -1.34. The largest absolute Gasteiger partial charge is 0.379 e. The van der Waals surface area contributed by atoms with Crippen LogP contribution >= 0.6 is 11.3 Å². The highest BCUT2D eigenvalue weighted by Gasteiger charge is 2.37. The predicted molar refractivity (Wildman–Crippen MR) is 101 cm³/mol. The number of thiophene rings is 1. The Bertz CT molecular complexity index is 764. The Hall–Kier alpha value is -1.57. The van der Waals surface area contributed by atoms with Crippen LogP contribution in [0.15, 0.2) is 21.7 Å². The molecule has 0 unspecified atom stereocenters. The highest BCUT2D eigenvalue weighted by atomic mass is 32.2. The van der Waals surface area contributed by atoms with Gasteiger partial charge in [-0.25, -0.2) is 8.42 Å². The van der Waals surface area contributed by atoms with Gasteiger partial charge in [-0.1, -0.05) is 6.07 Å². The van der Waals surface area contributed by atoms with E-state index < -0.39 is 28.1 Å². The standard InChI is InChI=1S/C16H24N4O6S2/c21-15(17-3-4-19-5-8-25-9-6-19)16(22)18-12-13-20(7-10-26-13)28(23,24)14-2-1-11-27-14/h1-2,11,13H,3-10,12H2,(H,17,21)(H,18,22)/t13-/m1/s1. The zero-order chi connectivity index (χ0) is 20.0. The van der Waals surface area contributed by atoms with Crippen LogP contribution in [0.5, 0.6) is 0 Å². The van der Waals surface area contributed by atoms with Crippen molar-refractivity contribution in [1.29, 1.82) is 0 Å². The third-order valence-corrected chi connectivity index (χ3v) is 7.72. The molecule has 0 aliphatic carbocycles. The summed E-state index contributed by atoms with van der Waals surface area (Å²) in [5.74, 6) is -1.56. The van der Waals surface area contributed by atoms with Gasteiger partial charge in [-0.15, -0.1) is 11.3 Å². The highest BCUT2D eigenvalue weighted by Crippen LogP contribution is 2.25. The molecule has 2 aliphatic heterocycles. The summed E-state index contributed by atoms with van der Waals surface area (Å²) in [4.78, 5) is 26.0. The maximum Gasteiger partial charge on any atom is 0.309 e. The number of amides is 2. The van der Waals surface area contributed by atoms with Gasteiger partial charge < -0.3 is 20.1 Å². The van der Waals surface area contributed by atoms with Gasteiger partial charge in [0, 0.05) is 32.7 Å². The van der Waals surface area contributed by atoms with Crippen LogP contribution in [0.2, 0.25) is 0 Å². The van der Waals surface area contributed by atoms with Gasteiger partial charge in [0.15, 0.2) is 0 Å². The number of nitrogens with zero attached hydrogens (tertiary/aromatic N) is 2. The van der Waals surface area contributed by atoms with Crippen LogP contribution in [-0.2, 0) is 29.1 Å². The number of morpholine rings is 1. The minimum Gasteiger partial charge on any atom is -0.379 e. The van der Waals surface area contributed by atoms with E-state index in [1.54, 1.807) is 11.4 Å². The second-order valence-electron chi connectivity index (χ2n) is 6.29. The van der Waals surface area contributed by atoms with Crippen LogP contribution in [0.1, 0.15) is 0 Å². The maximum atomic E-state index is 12.6. The Balaban J connectivity index is 1.43. The Morgan fingerprint density at radius 1 is 1.14 bits per heavy atom. The Morgan fingerprint density at radius 3 is 2.61 bits per heavy atom. The number of nitrogens with one attached hydrogen (secondary N) is 2. The number of rotatable bonds is 7. The number of sulfonamides is 1. The Labute approximate surface area is 167 Å². The number of ether oxygens (including phenoxy) is 2. The van der Waals surface area contributed by atoms with Gasteiger partial charge >= 0.3 is 11.8 Å². The summed E-state index contributed by atoms with van der Waals surface area (Å²) in [5.41, 5.74) is 0. The molecule has 2 fully saturated rings. The van der Waals surface area contributed by atoms with Crippen molar-refractivity contribution < 1.29 is 27.5 Å². The molecule has 0 spiro atoms. The number of hydrogen-bond donors (Lipinski definition) is 2. The molecule has 2 N–H and O–H groups in total. The molecule has 28 heavy (non-hydrogen) atoms. The van der Waals surface area contributed by atoms with Gasteiger partial charge in [0.1, 0.15) is 10.4 Å². The van der Waals surface area contributed by atoms with Crippen molar-refractivity contribution in [2.24, 2.45) is 0 Å². The monoisotopic (exact) mass is 432 g/mol. The summed E-state index contributed by atoms with van der Waals surface area (Å²) in [6, 6.07) is 3.18. The molecule has 0 saturated carbocycles. The molecule has 3 heterocycles. The van der Waals surface area contributed by atoms with E-state index in [4.69, 9.17) is 9.47 Å². The highest BCUT2D eigenvalue weighted by molar-refractivity contribution is 7.91. The minimum absolute atomic E-state index is 0.0969. The van der Waals surface area contributed by atoms with E-state index in [2.05, 4.69) is 15.5 Å². The molecule has 3 rings (SSSR count). The third-order valence-electron chi connectivity index (χ3n) is 4.46. The van der Waals surface area contributed by atoms with E-state index in [9.17, 15) is 18.0 Å². The van der Waals surface area contributed by atoms with Gasteiger partial charge in [0.25, 0.3) is 10.0 Å². The molecule has 12 heteroatoms. The normalized spacial score (nSPS) is 21.5. The molecule has 10 nitrogen and oxygen atoms in total. The fraction of sp³-hybridized carbons (Fsp3) is 0.625. The van der Waals surface area contributed by atoms with Crippen LogP contribution in [0, 0.1) is 0 Å². The maximum absolute atomic E-state index is 12.6. The van der Waals surface area contributed by atoms with Crippen molar-refractivity contribution in [2.45, 2.75) is 10.4 Å². The van der Waals surface area contributed by atoms with Crippen molar-refractivity contribution >= 4 is 33.2 Å². The zero-order valence-corrected chi connectivity index (χ0v) is 17.0. The second-order valence-corrected chi connectivity index (χ2v) is 9.36. The lowest BCUT2D eigenvalue weighted by molar-refractivity contribution is -0.139. The van der Waals surface area contributed by atoms with Gasteiger partial charge in [-0.05, 0) is 11.4 Å². The summed E-state index contributed by atoms with van der Waals surface area (Å²) in [6.07, 6.45) is -0.836. The topological polar surface area (TPSA) is 117 Å². The quantitative estimate of drug-likeness (QED) is 0.512. The van der Waals surface area contributed by atoms with Crippen molar-refractivity contribution in [2.75, 3.05) is 59.1 Å². The van der Waals surface area contributed by atoms with Crippen molar-refractivity contribution in [1.82, 2.24) is 19.8 Å². The average molecular weight is 433 g/mol. The first kappa shape index (κ1) is 21.1. The van der Waals surface area contributed by atoms with E-state index in [-0.39, 0.29) is 23.9 Å². The van der Waals surface area contributed by atoms with Gasteiger partial charge in [0.2, 0.25) is 0 Å². The van der Waals surface area contributed by atoms with E-state index in [0.29, 0.717) is 26.3 Å². The fourth-order valence-electron chi connectivity index (χ4n) is 2.96. The summed E-state index contributed by atoms with van der Waals surface area (Å²) in [7, 11) is -3.68. The molecule has 156 valence electrons. The van der Waals surface area contributed by atoms with Crippen molar-refractivity contribution in [3.63, 3.8) is 0 Å². The van der Waals surface area contributed by atoms with Crippen molar-refractivity contribution in [3.05, 3.63) is 17.5 Å². The summed E-state index contributed by atoms with van der Waals surface area (Å²) < 4.78 is 37.4. The van der Waals surface area contributed by atoms with Crippen LogP contribution in [0.4, 0.5) is 0 Å². The lowest BCUT2D eigenvalue weighted by Crippen LogP contribution is -2.48. The molecule has 2 amide bonds. The SMILES string of the molecule is O=C(NCCN1CCOCC1)C(=O)NC[C@H]1OCCN1S(=O)(=O)c1cccs1. The molecular weight excluding hydrogens is 408 g/mol. The minimum atomic E-state index is -3.68. The summed E-state index contributed by atoms with van der Waals surface area (Å²) in [5, 5.41) is 6.69. The van der Waals surface area contributed by atoms with Gasteiger partial charge in [-0.3, -0.25) is 14.5 Å². The molecule has 1 atom stereocenters. The van der Waals surface area contributed by atoms with Gasteiger partial charge in [-0.2, -0.15) is 4.31 Å². The van der Waals surface area contributed by atoms with Crippen molar-refractivity contribution in [3.8, 4) is 0 Å². The average Bonchev–Trinajstić information content (AvgIpc) is 3.39. The molecule has 2 saturated heterocycles. The Morgan fingerprint density at radius 2 is 1.89 bits per heavy atom. The number of carbonyl (C=O) groups excluding carboxylic acids is 2.